The Bertz CT molecular complexity index is 808. The first kappa shape index (κ1) is 13.1. The van der Waals surface area contributed by atoms with Crippen molar-refractivity contribution in [1.82, 2.24) is 9.55 Å². The normalized spacial score (nSPS) is 12.7. The van der Waals surface area contributed by atoms with Gasteiger partial charge in [0.25, 0.3) is 0 Å². The summed E-state index contributed by atoms with van der Waals surface area (Å²) in [6.45, 7) is 3.59. The molecule has 0 saturated heterocycles. The van der Waals surface area contributed by atoms with Gasteiger partial charge in [0.2, 0.25) is 0 Å². The molecular formula is C16H13BrN2OS. The summed E-state index contributed by atoms with van der Waals surface area (Å²) in [7, 11) is 0. The van der Waals surface area contributed by atoms with Crippen LogP contribution in [-0.4, -0.2) is 9.55 Å². The molecule has 3 nitrogen and oxygen atoms in total. The van der Waals surface area contributed by atoms with Crippen molar-refractivity contribution in [3.8, 4) is 27.7 Å². The van der Waals surface area contributed by atoms with Crippen molar-refractivity contribution in [3.63, 3.8) is 0 Å². The van der Waals surface area contributed by atoms with E-state index in [0.29, 0.717) is 6.61 Å². The van der Waals surface area contributed by atoms with Crippen LogP contribution in [-0.2, 0) is 13.2 Å². The van der Waals surface area contributed by atoms with E-state index in [9.17, 15) is 0 Å². The van der Waals surface area contributed by atoms with Gasteiger partial charge in [0, 0.05) is 16.6 Å². The number of nitrogens with zero attached hydrogens (tertiary/aromatic N) is 2. The molecule has 5 heteroatoms. The number of rotatable bonds is 2. The van der Waals surface area contributed by atoms with Gasteiger partial charge in [0.15, 0.2) is 5.82 Å². The molecule has 0 bridgehead atoms. The summed E-state index contributed by atoms with van der Waals surface area (Å²) < 4.78 is 9.18. The van der Waals surface area contributed by atoms with Gasteiger partial charge >= 0.3 is 0 Å². The Labute approximate surface area is 135 Å². The number of hydrogen-bond donors (Lipinski definition) is 0. The molecule has 0 unspecified atom stereocenters. The molecule has 0 spiro atoms. The van der Waals surface area contributed by atoms with Crippen molar-refractivity contribution in [2.45, 2.75) is 20.1 Å². The Morgan fingerprint density at radius 1 is 1.38 bits per heavy atom. The van der Waals surface area contributed by atoms with Crippen LogP contribution in [0.1, 0.15) is 12.6 Å². The Morgan fingerprint density at radius 3 is 3.05 bits per heavy atom. The lowest BCUT2D eigenvalue weighted by molar-refractivity contribution is 0.297. The second-order valence-electron chi connectivity index (χ2n) is 4.88. The third-order valence-corrected chi connectivity index (χ3v) is 5.02. The van der Waals surface area contributed by atoms with Gasteiger partial charge in [-0.3, -0.25) is 0 Å². The van der Waals surface area contributed by atoms with Gasteiger partial charge in [0.1, 0.15) is 18.1 Å². The molecule has 0 fully saturated rings. The average Bonchev–Trinajstić information content (AvgIpc) is 3.13. The zero-order valence-electron chi connectivity index (χ0n) is 11.5. The summed E-state index contributed by atoms with van der Waals surface area (Å²) >= 11 is 5.27. The molecule has 21 heavy (non-hydrogen) atoms. The predicted octanol–water partition coefficient (Wildman–Crippen LogP) is 4.95. The van der Waals surface area contributed by atoms with Crippen LogP contribution >= 0.6 is 27.3 Å². The number of ether oxygens (including phenoxy) is 1. The van der Waals surface area contributed by atoms with Gasteiger partial charge in [-0.2, -0.15) is 0 Å². The van der Waals surface area contributed by atoms with E-state index >= 15 is 0 Å². The van der Waals surface area contributed by atoms with Crippen LogP contribution in [0.5, 0.6) is 5.75 Å². The topological polar surface area (TPSA) is 27.1 Å². The molecule has 0 amide bonds. The number of imidazole rings is 1. The molecule has 2 aromatic heterocycles. The second-order valence-corrected chi connectivity index (χ2v) is 6.74. The monoisotopic (exact) mass is 360 g/mol. The first-order valence-electron chi connectivity index (χ1n) is 6.84. The maximum atomic E-state index is 5.84. The van der Waals surface area contributed by atoms with E-state index in [1.807, 2.05) is 12.1 Å². The third-order valence-electron chi connectivity index (χ3n) is 3.66. The van der Waals surface area contributed by atoms with Crippen LogP contribution in [0.25, 0.3) is 22.0 Å². The largest absolute Gasteiger partial charge is 0.487 e. The third kappa shape index (κ3) is 2.03. The molecule has 3 heterocycles. The van der Waals surface area contributed by atoms with Crippen molar-refractivity contribution in [2.75, 3.05) is 0 Å². The van der Waals surface area contributed by atoms with Crippen molar-refractivity contribution in [3.05, 3.63) is 45.9 Å². The zero-order chi connectivity index (χ0) is 14.4. The molecule has 1 aliphatic heterocycles. The summed E-state index contributed by atoms with van der Waals surface area (Å²) in [6.07, 6.45) is 0. The minimum atomic E-state index is 0.537. The van der Waals surface area contributed by atoms with E-state index in [1.54, 1.807) is 11.3 Å². The lowest BCUT2D eigenvalue weighted by atomic mass is 10.1. The molecule has 0 atom stereocenters. The Balaban J connectivity index is 1.99. The van der Waals surface area contributed by atoms with Crippen LogP contribution in [0.15, 0.2) is 40.2 Å². The van der Waals surface area contributed by atoms with E-state index in [1.165, 1.54) is 10.6 Å². The fraction of sp³-hybridized carbons (Fsp3) is 0.188. The molecule has 3 aromatic rings. The van der Waals surface area contributed by atoms with Gasteiger partial charge in [-0.1, -0.05) is 22.0 Å². The highest BCUT2D eigenvalue weighted by Gasteiger charge is 2.26. The Morgan fingerprint density at radius 2 is 2.29 bits per heavy atom. The Hall–Kier alpha value is -1.59. The van der Waals surface area contributed by atoms with Crippen LogP contribution in [0, 0.1) is 0 Å². The molecule has 1 aliphatic rings. The minimum Gasteiger partial charge on any atom is -0.487 e. The van der Waals surface area contributed by atoms with Crippen molar-refractivity contribution in [2.24, 2.45) is 0 Å². The zero-order valence-corrected chi connectivity index (χ0v) is 13.9. The second kappa shape index (κ2) is 5.00. The van der Waals surface area contributed by atoms with Gasteiger partial charge in [-0.15, -0.1) is 11.3 Å². The van der Waals surface area contributed by atoms with E-state index in [-0.39, 0.29) is 0 Å². The minimum absolute atomic E-state index is 0.537. The van der Waals surface area contributed by atoms with Crippen molar-refractivity contribution >= 4 is 27.3 Å². The number of halogens is 1. The van der Waals surface area contributed by atoms with Gasteiger partial charge < -0.3 is 9.30 Å². The van der Waals surface area contributed by atoms with E-state index in [2.05, 4.69) is 51.0 Å². The fourth-order valence-corrected chi connectivity index (χ4v) is 3.85. The highest BCUT2D eigenvalue weighted by molar-refractivity contribution is 9.10. The maximum Gasteiger partial charge on any atom is 0.150 e. The summed E-state index contributed by atoms with van der Waals surface area (Å²) in [5.41, 5.74) is 3.32. The molecular weight excluding hydrogens is 348 g/mol. The maximum absolute atomic E-state index is 5.84. The van der Waals surface area contributed by atoms with Crippen LogP contribution in [0.2, 0.25) is 0 Å². The highest BCUT2D eigenvalue weighted by atomic mass is 79.9. The summed E-state index contributed by atoms with van der Waals surface area (Å²) in [6, 6.07) is 10.3. The van der Waals surface area contributed by atoms with Crippen molar-refractivity contribution in [1.29, 1.82) is 0 Å². The van der Waals surface area contributed by atoms with Crippen molar-refractivity contribution < 1.29 is 4.74 Å². The van der Waals surface area contributed by atoms with Crippen LogP contribution in [0.3, 0.4) is 0 Å². The first-order valence-corrected chi connectivity index (χ1v) is 8.51. The molecule has 0 aliphatic carbocycles. The quantitative estimate of drug-likeness (QED) is 0.646. The van der Waals surface area contributed by atoms with E-state index in [0.717, 1.165) is 33.8 Å². The number of benzene rings is 1. The Kier molecular flexibility index (Phi) is 3.12. The summed E-state index contributed by atoms with van der Waals surface area (Å²) in [5.74, 6) is 1.96. The number of hydrogen-bond acceptors (Lipinski definition) is 3. The SMILES string of the molecule is CCn1c(-c2cccs2)nc2c1-c1cc(Br)ccc1OC2. The van der Waals surface area contributed by atoms with Crippen LogP contribution < -0.4 is 4.74 Å². The molecule has 106 valence electrons. The predicted molar refractivity (Wildman–Crippen MR) is 88.7 cm³/mol. The molecule has 1 aromatic carbocycles. The lowest BCUT2D eigenvalue weighted by Crippen LogP contribution is -2.08. The number of aromatic nitrogens is 2. The lowest BCUT2D eigenvalue weighted by Gasteiger charge is -2.19. The van der Waals surface area contributed by atoms with Gasteiger partial charge in [-0.25, -0.2) is 4.98 Å². The highest BCUT2D eigenvalue weighted by Crippen LogP contribution is 2.41. The molecule has 0 saturated carbocycles. The van der Waals surface area contributed by atoms with Crippen LogP contribution in [0.4, 0.5) is 0 Å². The number of fused-ring (bicyclic) bond motifs is 3. The smallest absolute Gasteiger partial charge is 0.150 e. The summed E-state index contributed by atoms with van der Waals surface area (Å²) in [4.78, 5) is 6.02. The first-order chi connectivity index (χ1) is 10.3. The van der Waals surface area contributed by atoms with Gasteiger partial charge in [-0.05, 0) is 36.6 Å². The van der Waals surface area contributed by atoms with E-state index < -0.39 is 0 Å². The number of thiophene rings is 1. The molecule has 4 rings (SSSR count). The van der Waals surface area contributed by atoms with Gasteiger partial charge in [0.05, 0.1) is 10.6 Å². The molecule has 0 N–H and O–H groups in total. The fourth-order valence-electron chi connectivity index (χ4n) is 2.77. The van der Waals surface area contributed by atoms with E-state index in [4.69, 9.17) is 9.72 Å². The average molecular weight is 361 g/mol. The summed E-state index contributed by atoms with van der Waals surface area (Å²) in [5, 5.41) is 2.09. The standard InChI is InChI=1S/C16H13BrN2OS/c1-2-19-15-11-8-10(17)5-6-13(11)20-9-12(15)18-16(19)14-4-3-7-21-14/h3-8H,2,9H2,1H3. The molecule has 0 radical (unpaired) electrons.